The average Bonchev–Trinajstić information content (AvgIpc) is 3.63. The summed E-state index contributed by atoms with van der Waals surface area (Å²) in [5.41, 5.74) is 7.63. The van der Waals surface area contributed by atoms with E-state index in [1.165, 1.54) is 11.6 Å². The highest BCUT2D eigenvalue weighted by atomic mass is 35.5. The van der Waals surface area contributed by atoms with Crippen LogP contribution in [-0.4, -0.2) is 55.2 Å². The second-order valence-corrected chi connectivity index (χ2v) is 15.2. The third-order valence-corrected chi connectivity index (χ3v) is 11.3. The van der Waals surface area contributed by atoms with Gasteiger partial charge in [-0.1, -0.05) is 41.9 Å². The van der Waals surface area contributed by atoms with E-state index in [9.17, 15) is 19.2 Å². The molecule has 2 atom stereocenters. The van der Waals surface area contributed by atoms with Gasteiger partial charge in [0.25, 0.3) is 0 Å². The normalized spacial score (nSPS) is 18.3. The number of hydrogen-bond acceptors (Lipinski definition) is 8. The van der Waals surface area contributed by atoms with E-state index in [2.05, 4.69) is 57.6 Å². The number of fused-ring (bicyclic) bond motifs is 1. The Bertz CT molecular complexity index is 2190. The van der Waals surface area contributed by atoms with Gasteiger partial charge in [-0.25, -0.2) is 9.24 Å². The summed E-state index contributed by atoms with van der Waals surface area (Å²) in [5.74, 6) is 1.08. The van der Waals surface area contributed by atoms with Crippen molar-refractivity contribution in [2.45, 2.75) is 83.3 Å². The van der Waals surface area contributed by atoms with Crippen molar-refractivity contribution in [1.29, 1.82) is 5.26 Å². The van der Waals surface area contributed by atoms with E-state index < -0.39 is 12.2 Å². The van der Waals surface area contributed by atoms with Crippen LogP contribution in [0.25, 0.3) is 16.0 Å². The van der Waals surface area contributed by atoms with Gasteiger partial charge in [0.05, 0.1) is 30.3 Å². The molecule has 2 amide bonds. The summed E-state index contributed by atoms with van der Waals surface area (Å²) in [5, 5.41) is 15.5. The Morgan fingerprint density at radius 1 is 0.982 bits per heavy atom. The highest BCUT2D eigenvalue weighted by Gasteiger charge is 2.30. The number of benzene rings is 4. The summed E-state index contributed by atoms with van der Waals surface area (Å²) >= 11 is 6.91. The van der Waals surface area contributed by atoms with E-state index in [-0.39, 0.29) is 37.5 Å². The summed E-state index contributed by atoms with van der Waals surface area (Å²) < 4.78 is 32.8. The van der Waals surface area contributed by atoms with E-state index in [0.29, 0.717) is 64.8 Å². The quantitative estimate of drug-likeness (QED) is 0.0743. The van der Waals surface area contributed by atoms with Gasteiger partial charge in [-0.15, -0.1) is 0 Å². The smallest absolute Gasteiger partial charge is 0.243 e. The molecule has 0 spiro atoms. The van der Waals surface area contributed by atoms with Crippen LogP contribution in [-0.2, 0) is 29.2 Å². The van der Waals surface area contributed by atoms with Crippen LogP contribution in [0.4, 0.5) is 10.1 Å². The molecule has 294 valence electrons. The van der Waals surface area contributed by atoms with E-state index in [4.69, 9.17) is 32.4 Å². The number of likely N-dealkylation sites (tertiary alicyclic amines) is 1. The minimum absolute atomic E-state index is 0.0710. The number of nitriles is 1. The molecular weight excluding hydrogens is 745 g/mol. The van der Waals surface area contributed by atoms with Crippen molar-refractivity contribution in [3.8, 4) is 34.4 Å². The van der Waals surface area contributed by atoms with Crippen LogP contribution in [0.5, 0.6) is 17.2 Å². The van der Waals surface area contributed by atoms with E-state index in [1.54, 1.807) is 24.3 Å². The average molecular weight is 790 g/mol. The predicted octanol–water partition coefficient (Wildman–Crippen LogP) is 8.48. The highest BCUT2D eigenvalue weighted by molar-refractivity contribution is 6.32. The SMILES string of the molecule is [C-]#[N+]c1cc(C#N)cc(COc2cc(O[C@H]3CCc4c(-c5cccc(OCCCN6CCC(F)CC6)c5C)cccc43)c(Cl)cc2CN[C@@H]2CCC(=O)NC2=O)c1. The summed E-state index contributed by atoms with van der Waals surface area (Å²) in [6.45, 7) is 12.9. The van der Waals surface area contributed by atoms with Crippen molar-refractivity contribution in [1.82, 2.24) is 15.5 Å². The van der Waals surface area contributed by atoms with Gasteiger partial charge in [0.15, 0.2) is 5.69 Å². The zero-order valence-electron chi connectivity index (χ0n) is 31.9. The Kier molecular flexibility index (Phi) is 12.7. The number of imide groups is 1. The molecule has 12 heteroatoms. The summed E-state index contributed by atoms with van der Waals surface area (Å²) in [7, 11) is 0. The van der Waals surface area contributed by atoms with Crippen molar-refractivity contribution in [3.05, 3.63) is 117 Å². The summed E-state index contributed by atoms with van der Waals surface area (Å²) in [4.78, 5) is 30.0. The van der Waals surface area contributed by atoms with Crippen molar-refractivity contribution in [2.75, 3.05) is 26.2 Å². The number of rotatable bonds is 14. The molecule has 4 aromatic carbocycles. The Morgan fingerprint density at radius 2 is 1.79 bits per heavy atom. The maximum absolute atomic E-state index is 13.5. The molecule has 7 rings (SSSR count). The van der Waals surface area contributed by atoms with Crippen molar-refractivity contribution >= 4 is 29.1 Å². The number of nitrogens with zero attached hydrogens (tertiary/aromatic N) is 3. The zero-order valence-corrected chi connectivity index (χ0v) is 32.7. The third kappa shape index (κ3) is 9.57. The third-order valence-electron chi connectivity index (χ3n) is 11.0. The van der Waals surface area contributed by atoms with E-state index >= 15 is 0 Å². The lowest BCUT2D eigenvalue weighted by Crippen LogP contribution is -2.50. The fraction of sp³-hybridized carbons (Fsp3) is 0.378. The van der Waals surface area contributed by atoms with Crippen LogP contribution in [0.1, 0.15) is 78.0 Å². The zero-order chi connectivity index (χ0) is 39.9. The lowest BCUT2D eigenvalue weighted by Gasteiger charge is -2.28. The molecule has 2 fully saturated rings. The molecule has 0 radical (unpaired) electrons. The number of amides is 2. The van der Waals surface area contributed by atoms with Gasteiger partial charge in [0.2, 0.25) is 11.8 Å². The van der Waals surface area contributed by atoms with Gasteiger partial charge in [0, 0.05) is 49.8 Å². The molecule has 4 aromatic rings. The van der Waals surface area contributed by atoms with Crippen LogP contribution in [0, 0.1) is 24.8 Å². The van der Waals surface area contributed by atoms with E-state index in [1.807, 2.05) is 12.1 Å². The summed E-state index contributed by atoms with van der Waals surface area (Å²) in [6.07, 6.45) is 3.34. The standard InChI is InChI=1S/C45H45ClFN5O5/c1-28-34(6-4-9-40(28)55-19-5-16-52-17-14-32(47)15-18-52)35-7-3-8-37-36(35)10-12-41(37)57-43-24-42(56-27-30-20-29(25-48)21-33(22-30)49-2)31(23-38(43)46)26-50-39-11-13-44(53)51-45(39)54/h3-4,6-9,20-24,32,39,41,50H,5,10-19,26-27H2,1H3,(H,51,53,54)/t39-,41+/m1/s1. The molecule has 2 saturated heterocycles. The first kappa shape index (κ1) is 39.8. The number of alkyl halides is 1. The Morgan fingerprint density at radius 3 is 2.58 bits per heavy atom. The van der Waals surface area contributed by atoms with E-state index in [0.717, 1.165) is 66.9 Å². The molecule has 57 heavy (non-hydrogen) atoms. The van der Waals surface area contributed by atoms with Crippen LogP contribution >= 0.6 is 11.6 Å². The fourth-order valence-electron chi connectivity index (χ4n) is 7.91. The van der Waals surface area contributed by atoms with Crippen LogP contribution in [0.15, 0.2) is 66.7 Å². The fourth-order valence-corrected chi connectivity index (χ4v) is 8.14. The van der Waals surface area contributed by atoms with Gasteiger partial charge in [-0.05, 0) is 109 Å². The molecule has 2 heterocycles. The number of hydrogen-bond donors (Lipinski definition) is 2. The molecule has 10 nitrogen and oxygen atoms in total. The Hall–Kier alpha value is -5.46. The number of halogens is 2. The van der Waals surface area contributed by atoms with Gasteiger partial charge in [-0.2, -0.15) is 5.26 Å². The Labute approximate surface area is 337 Å². The monoisotopic (exact) mass is 789 g/mol. The first-order valence-corrected chi connectivity index (χ1v) is 19.9. The molecule has 0 bridgehead atoms. The summed E-state index contributed by atoms with van der Waals surface area (Å²) in [6, 6.07) is 22.4. The number of ether oxygens (including phenoxy) is 3. The van der Waals surface area contributed by atoms with Gasteiger partial charge >= 0.3 is 0 Å². The van der Waals surface area contributed by atoms with Gasteiger partial charge in [0.1, 0.15) is 36.1 Å². The number of piperidine rings is 2. The lowest BCUT2D eigenvalue weighted by molar-refractivity contribution is -0.134. The molecule has 0 saturated carbocycles. The number of carbonyl (C=O) groups is 2. The highest BCUT2D eigenvalue weighted by Crippen LogP contribution is 2.44. The van der Waals surface area contributed by atoms with Crippen molar-refractivity contribution in [3.63, 3.8) is 0 Å². The lowest BCUT2D eigenvalue weighted by atomic mass is 9.93. The molecule has 0 aromatic heterocycles. The van der Waals surface area contributed by atoms with Crippen molar-refractivity contribution < 1.29 is 28.2 Å². The molecule has 1 aliphatic carbocycles. The first-order chi connectivity index (χ1) is 27.7. The van der Waals surface area contributed by atoms with Crippen LogP contribution < -0.4 is 24.8 Å². The van der Waals surface area contributed by atoms with Crippen LogP contribution in [0.3, 0.4) is 0 Å². The Balaban J connectivity index is 1.08. The first-order valence-electron chi connectivity index (χ1n) is 19.5. The largest absolute Gasteiger partial charge is 0.493 e. The second kappa shape index (κ2) is 18.2. The predicted molar refractivity (Wildman–Crippen MR) is 215 cm³/mol. The van der Waals surface area contributed by atoms with Gasteiger partial charge < -0.3 is 24.4 Å². The second-order valence-electron chi connectivity index (χ2n) is 14.8. The van der Waals surface area contributed by atoms with Crippen molar-refractivity contribution in [2.24, 2.45) is 0 Å². The topological polar surface area (TPSA) is 117 Å². The molecule has 2 N–H and O–H groups in total. The van der Waals surface area contributed by atoms with Gasteiger partial charge in [-0.3, -0.25) is 14.9 Å². The molecule has 2 aliphatic heterocycles. The minimum Gasteiger partial charge on any atom is -0.493 e. The minimum atomic E-state index is -0.670. The molecule has 3 aliphatic rings. The maximum atomic E-state index is 13.5. The number of carbonyl (C=O) groups excluding carboxylic acids is 2. The molecule has 0 unspecified atom stereocenters. The van der Waals surface area contributed by atoms with Crippen LogP contribution in [0.2, 0.25) is 5.02 Å². The number of nitrogens with one attached hydrogen (secondary N) is 2. The maximum Gasteiger partial charge on any atom is 0.243 e. The molecular formula is C45H45ClFN5O5.